The molecular formula is C20H15ClN2O2S. The number of carbonyl (C=O) groups is 1. The highest BCUT2D eigenvalue weighted by Gasteiger charge is 2.11. The minimum Gasteiger partial charge on any atom is -0.457 e. The third kappa shape index (κ3) is 4.81. The molecule has 130 valence electrons. The average molecular weight is 383 g/mol. The van der Waals surface area contributed by atoms with E-state index in [4.69, 9.17) is 28.6 Å². The van der Waals surface area contributed by atoms with Crippen molar-refractivity contribution in [3.05, 3.63) is 89.4 Å². The SMILES string of the molecule is O=C(NC(=S)Nc1ccc(Oc2ccccc2)cc1)c1ccccc1Cl. The summed E-state index contributed by atoms with van der Waals surface area (Å²) in [6, 6.07) is 23.5. The molecule has 0 aromatic heterocycles. The lowest BCUT2D eigenvalue weighted by Crippen LogP contribution is -2.34. The predicted octanol–water partition coefficient (Wildman–Crippen LogP) is 5.26. The Balaban J connectivity index is 1.58. The summed E-state index contributed by atoms with van der Waals surface area (Å²) in [5.41, 5.74) is 1.10. The van der Waals surface area contributed by atoms with Crippen LogP contribution in [0.3, 0.4) is 0 Å². The van der Waals surface area contributed by atoms with Gasteiger partial charge in [-0.05, 0) is 60.7 Å². The molecule has 0 saturated carbocycles. The molecule has 4 nitrogen and oxygen atoms in total. The van der Waals surface area contributed by atoms with Gasteiger partial charge in [0.05, 0.1) is 10.6 Å². The first-order chi connectivity index (χ1) is 12.6. The van der Waals surface area contributed by atoms with Gasteiger partial charge in [-0.25, -0.2) is 0 Å². The summed E-state index contributed by atoms with van der Waals surface area (Å²) in [7, 11) is 0. The number of hydrogen-bond acceptors (Lipinski definition) is 3. The molecule has 3 aromatic rings. The van der Waals surface area contributed by atoms with Crippen LogP contribution in [0.5, 0.6) is 11.5 Å². The van der Waals surface area contributed by atoms with Crippen LogP contribution < -0.4 is 15.4 Å². The summed E-state index contributed by atoms with van der Waals surface area (Å²) in [6.07, 6.45) is 0. The minimum absolute atomic E-state index is 0.187. The lowest BCUT2D eigenvalue weighted by molar-refractivity contribution is 0.0978. The minimum atomic E-state index is -0.364. The van der Waals surface area contributed by atoms with Crippen LogP contribution in [0.15, 0.2) is 78.9 Å². The first-order valence-electron chi connectivity index (χ1n) is 7.81. The summed E-state index contributed by atoms with van der Waals surface area (Å²) < 4.78 is 5.73. The van der Waals surface area contributed by atoms with Crippen LogP contribution in [0.25, 0.3) is 0 Å². The molecule has 0 heterocycles. The van der Waals surface area contributed by atoms with E-state index in [0.717, 1.165) is 11.4 Å². The van der Waals surface area contributed by atoms with Crippen LogP contribution in [0.1, 0.15) is 10.4 Å². The van der Waals surface area contributed by atoms with E-state index in [0.29, 0.717) is 16.3 Å². The van der Waals surface area contributed by atoms with Gasteiger partial charge in [-0.3, -0.25) is 10.1 Å². The van der Waals surface area contributed by atoms with Gasteiger partial charge in [-0.2, -0.15) is 0 Å². The number of ether oxygens (including phenoxy) is 1. The number of anilines is 1. The fourth-order valence-electron chi connectivity index (χ4n) is 2.21. The van der Waals surface area contributed by atoms with Crippen molar-refractivity contribution >= 4 is 40.5 Å². The quantitative estimate of drug-likeness (QED) is 0.604. The Kier molecular flexibility index (Phi) is 5.84. The van der Waals surface area contributed by atoms with Crippen LogP contribution in [-0.2, 0) is 0 Å². The number of halogens is 1. The second kappa shape index (κ2) is 8.47. The standard InChI is InChI=1S/C20H15ClN2O2S/c21-18-9-5-4-8-17(18)19(24)23-20(26)22-14-10-12-16(13-11-14)25-15-6-2-1-3-7-15/h1-13H,(H2,22,23,24,26). The highest BCUT2D eigenvalue weighted by Crippen LogP contribution is 2.22. The summed E-state index contributed by atoms with van der Waals surface area (Å²) in [5.74, 6) is 1.10. The summed E-state index contributed by atoms with van der Waals surface area (Å²) >= 11 is 11.2. The Morgan fingerprint density at radius 1 is 0.846 bits per heavy atom. The third-order valence-electron chi connectivity index (χ3n) is 3.44. The van der Waals surface area contributed by atoms with Crippen molar-refractivity contribution in [1.29, 1.82) is 0 Å². The number of hydrogen-bond donors (Lipinski definition) is 2. The van der Waals surface area contributed by atoms with Gasteiger partial charge in [0.2, 0.25) is 0 Å². The third-order valence-corrected chi connectivity index (χ3v) is 3.97. The van der Waals surface area contributed by atoms with Gasteiger partial charge in [0.15, 0.2) is 5.11 Å². The normalized spacial score (nSPS) is 10.0. The molecule has 0 radical (unpaired) electrons. The summed E-state index contributed by atoms with van der Waals surface area (Å²) in [5, 5.41) is 6.12. The molecule has 0 aliphatic carbocycles. The zero-order valence-electron chi connectivity index (χ0n) is 13.6. The summed E-state index contributed by atoms with van der Waals surface area (Å²) in [6.45, 7) is 0. The second-order valence-electron chi connectivity index (χ2n) is 5.33. The van der Waals surface area contributed by atoms with Crippen LogP contribution >= 0.6 is 23.8 Å². The predicted molar refractivity (Wildman–Crippen MR) is 108 cm³/mol. The van der Waals surface area contributed by atoms with E-state index in [-0.39, 0.29) is 11.0 Å². The lowest BCUT2D eigenvalue weighted by Gasteiger charge is -2.11. The molecule has 3 rings (SSSR count). The van der Waals surface area contributed by atoms with Crippen molar-refractivity contribution in [3.63, 3.8) is 0 Å². The van der Waals surface area contributed by atoms with E-state index < -0.39 is 0 Å². The van der Waals surface area contributed by atoms with Gasteiger partial charge in [0, 0.05) is 5.69 Å². The zero-order chi connectivity index (χ0) is 18.4. The first kappa shape index (κ1) is 17.9. The van der Waals surface area contributed by atoms with Crippen molar-refractivity contribution < 1.29 is 9.53 Å². The van der Waals surface area contributed by atoms with Crippen molar-refractivity contribution in [2.24, 2.45) is 0 Å². The van der Waals surface area contributed by atoms with Crippen molar-refractivity contribution in [2.75, 3.05) is 5.32 Å². The highest BCUT2D eigenvalue weighted by atomic mass is 35.5. The molecule has 26 heavy (non-hydrogen) atoms. The molecule has 0 aliphatic rings. The number of rotatable bonds is 4. The van der Waals surface area contributed by atoms with Gasteiger partial charge in [-0.15, -0.1) is 0 Å². The molecule has 1 amide bonds. The van der Waals surface area contributed by atoms with Crippen LogP contribution in [-0.4, -0.2) is 11.0 Å². The molecule has 0 unspecified atom stereocenters. The van der Waals surface area contributed by atoms with Crippen molar-refractivity contribution in [2.45, 2.75) is 0 Å². The van der Waals surface area contributed by atoms with Crippen LogP contribution in [0.4, 0.5) is 5.69 Å². The number of para-hydroxylation sites is 1. The molecular weight excluding hydrogens is 368 g/mol. The highest BCUT2D eigenvalue weighted by molar-refractivity contribution is 7.80. The number of benzene rings is 3. The fraction of sp³-hybridized carbons (Fsp3) is 0. The number of thiocarbonyl (C=S) groups is 1. The maximum absolute atomic E-state index is 12.2. The molecule has 2 N–H and O–H groups in total. The Labute approximate surface area is 161 Å². The molecule has 0 fully saturated rings. The number of carbonyl (C=O) groups excluding carboxylic acids is 1. The van der Waals surface area contributed by atoms with Gasteiger partial charge in [0.25, 0.3) is 5.91 Å². The molecule has 0 aliphatic heterocycles. The molecule has 0 spiro atoms. The first-order valence-corrected chi connectivity index (χ1v) is 8.60. The number of amides is 1. The van der Waals surface area contributed by atoms with Gasteiger partial charge in [-0.1, -0.05) is 41.9 Å². The Hall–Kier alpha value is -2.89. The molecule has 0 saturated heterocycles. The Morgan fingerprint density at radius 2 is 1.46 bits per heavy atom. The molecule has 0 atom stereocenters. The van der Waals surface area contributed by atoms with Gasteiger partial charge < -0.3 is 10.1 Å². The average Bonchev–Trinajstić information content (AvgIpc) is 2.64. The Bertz CT molecular complexity index is 915. The molecule has 6 heteroatoms. The van der Waals surface area contributed by atoms with E-state index in [2.05, 4.69) is 10.6 Å². The largest absolute Gasteiger partial charge is 0.457 e. The molecule has 3 aromatic carbocycles. The maximum Gasteiger partial charge on any atom is 0.258 e. The Morgan fingerprint density at radius 3 is 2.15 bits per heavy atom. The smallest absolute Gasteiger partial charge is 0.258 e. The molecule has 0 bridgehead atoms. The van der Waals surface area contributed by atoms with E-state index in [1.807, 2.05) is 54.6 Å². The topological polar surface area (TPSA) is 50.4 Å². The zero-order valence-corrected chi connectivity index (χ0v) is 15.2. The van der Waals surface area contributed by atoms with Crippen LogP contribution in [0.2, 0.25) is 5.02 Å². The van der Waals surface area contributed by atoms with E-state index in [9.17, 15) is 4.79 Å². The van der Waals surface area contributed by atoms with Crippen molar-refractivity contribution in [3.8, 4) is 11.5 Å². The van der Waals surface area contributed by atoms with Gasteiger partial charge in [0.1, 0.15) is 11.5 Å². The second-order valence-corrected chi connectivity index (χ2v) is 6.14. The van der Waals surface area contributed by atoms with Crippen LogP contribution in [0, 0.1) is 0 Å². The van der Waals surface area contributed by atoms with E-state index >= 15 is 0 Å². The maximum atomic E-state index is 12.2. The lowest BCUT2D eigenvalue weighted by atomic mass is 10.2. The van der Waals surface area contributed by atoms with Gasteiger partial charge >= 0.3 is 0 Å². The van der Waals surface area contributed by atoms with E-state index in [1.165, 1.54) is 0 Å². The fourth-order valence-corrected chi connectivity index (χ4v) is 2.64. The summed E-state index contributed by atoms with van der Waals surface area (Å²) in [4.78, 5) is 12.2. The number of nitrogens with one attached hydrogen (secondary N) is 2. The van der Waals surface area contributed by atoms with Crippen molar-refractivity contribution in [1.82, 2.24) is 5.32 Å². The van der Waals surface area contributed by atoms with E-state index in [1.54, 1.807) is 24.3 Å². The monoisotopic (exact) mass is 382 g/mol.